The molecule has 0 aromatic carbocycles. The number of hydrogen-bond acceptors (Lipinski definition) is 2. The normalized spacial score (nSPS) is 38.6. The van der Waals surface area contributed by atoms with Gasteiger partial charge < -0.3 is 5.11 Å². The van der Waals surface area contributed by atoms with Gasteiger partial charge in [-0.15, -0.1) is 0 Å². The summed E-state index contributed by atoms with van der Waals surface area (Å²) in [5.74, 6) is 0. The van der Waals surface area contributed by atoms with Crippen LogP contribution < -0.4 is 0 Å². The fraction of sp³-hybridized carbons (Fsp3) is 1.00. The van der Waals surface area contributed by atoms with Crippen molar-refractivity contribution in [3.05, 3.63) is 0 Å². The molecule has 1 heterocycles. The maximum atomic E-state index is 8.35. The Morgan fingerprint density at radius 1 is 1.86 bits per heavy atom. The van der Waals surface area contributed by atoms with Crippen LogP contribution in [0.3, 0.4) is 0 Å². The van der Waals surface area contributed by atoms with E-state index in [9.17, 15) is 0 Å². The molecule has 0 radical (unpaired) electrons. The van der Waals surface area contributed by atoms with Gasteiger partial charge in [0.2, 0.25) is 0 Å². The van der Waals surface area contributed by atoms with Crippen molar-refractivity contribution in [2.24, 2.45) is 0 Å². The summed E-state index contributed by atoms with van der Waals surface area (Å²) in [6, 6.07) is 0.743. The van der Waals surface area contributed by atoms with E-state index >= 15 is 0 Å². The van der Waals surface area contributed by atoms with Crippen molar-refractivity contribution in [2.75, 3.05) is 19.7 Å². The highest BCUT2D eigenvalue weighted by Gasteiger charge is 2.27. The van der Waals surface area contributed by atoms with Gasteiger partial charge in [-0.2, -0.15) is 0 Å². The first-order valence-corrected chi connectivity index (χ1v) is 2.69. The molecule has 1 saturated heterocycles. The summed E-state index contributed by atoms with van der Waals surface area (Å²) in [4.78, 5) is 2.22. The molecular formula is C5H11NO. The van der Waals surface area contributed by atoms with E-state index in [2.05, 4.69) is 11.8 Å². The lowest BCUT2D eigenvalue weighted by Crippen LogP contribution is -2.05. The topological polar surface area (TPSA) is 23.2 Å². The van der Waals surface area contributed by atoms with Crippen molar-refractivity contribution in [3.63, 3.8) is 0 Å². The van der Waals surface area contributed by atoms with E-state index in [0.29, 0.717) is 6.61 Å². The van der Waals surface area contributed by atoms with Crippen molar-refractivity contribution < 1.29 is 5.11 Å². The minimum atomic E-state index is 0.310. The number of rotatable bonds is 2. The molecule has 42 valence electrons. The average molecular weight is 101 g/mol. The Morgan fingerprint density at radius 2 is 2.43 bits per heavy atom. The molecule has 0 aromatic heterocycles. The van der Waals surface area contributed by atoms with Crippen LogP contribution in [0.1, 0.15) is 6.92 Å². The van der Waals surface area contributed by atoms with Crippen LogP contribution in [0.2, 0.25) is 0 Å². The third-order valence-electron chi connectivity index (χ3n) is 1.38. The van der Waals surface area contributed by atoms with E-state index < -0.39 is 0 Å². The van der Waals surface area contributed by atoms with Gasteiger partial charge in [0.1, 0.15) is 0 Å². The van der Waals surface area contributed by atoms with Crippen molar-refractivity contribution in [3.8, 4) is 0 Å². The highest BCUT2D eigenvalue weighted by atomic mass is 16.3. The van der Waals surface area contributed by atoms with E-state index in [0.717, 1.165) is 12.6 Å². The SMILES string of the molecule is CC1CN1CCO. The molecule has 1 fully saturated rings. The minimum Gasteiger partial charge on any atom is -0.395 e. The summed E-state index contributed by atoms with van der Waals surface area (Å²) in [5, 5.41) is 8.35. The molecule has 0 bridgehead atoms. The van der Waals surface area contributed by atoms with E-state index in [1.807, 2.05) is 0 Å². The summed E-state index contributed by atoms with van der Waals surface area (Å²) in [5.41, 5.74) is 0. The van der Waals surface area contributed by atoms with Gasteiger partial charge in [-0.25, -0.2) is 0 Å². The van der Waals surface area contributed by atoms with Gasteiger partial charge in [0.25, 0.3) is 0 Å². The number of hydrogen-bond donors (Lipinski definition) is 1. The lowest BCUT2D eigenvalue weighted by atomic mass is 10.6. The van der Waals surface area contributed by atoms with Crippen LogP contribution in [0.5, 0.6) is 0 Å². The molecule has 0 aromatic rings. The monoisotopic (exact) mass is 101 g/mol. The second-order valence-corrected chi connectivity index (χ2v) is 2.07. The highest BCUT2D eigenvalue weighted by molar-refractivity contribution is 4.83. The Morgan fingerprint density at radius 3 is 2.57 bits per heavy atom. The molecule has 2 unspecified atom stereocenters. The maximum absolute atomic E-state index is 8.35. The lowest BCUT2D eigenvalue weighted by molar-refractivity contribution is 0.266. The zero-order valence-corrected chi connectivity index (χ0v) is 4.59. The quantitative estimate of drug-likeness (QED) is 0.482. The van der Waals surface area contributed by atoms with Crippen LogP contribution in [-0.4, -0.2) is 35.7 Å². The second kappa shape index (κ2) is 1.80. The van der Waals surface area contributed by atoms with Crippen LogP contribution in [0.25, 0.3) is 0 Å². The smallest absolute Gasteiger partial charge is 0.0558 e. The number of nitrogens with zero attached hydrogens (tertiary/aromatic N) is 1. The second-order valence-electron chi connectivity index (χ2n) is 2.07. The predicted octanol–water partition coefficient (Wildman–Crippen LogP) is -0.317. The van der Waals surface area contributed by atoms with Crippen LogP contribution in [0, 0.1) is 0 Å². The summed E-state index contributed by atoms with van der Waals surface area (Å²) >= 11 is 0. The molecule has 0 amide bonds. The Hall–Kier alpha value is -0.0800. The molecular weight excluding hydrogens is 90.1 g/mol. The van der Waals surface area contributed by atoms with E-state index in [1.54, 1.807) is 0 Å². The van der Waals surface area contributed by atoms with Crippen LogP contribution in [-0.2, 0) is 0 Å². The van der Waals surface area contributed by atoms with Gasteiger partial charge >= 0.3 is 0 Å². The first-order valence-electron chi connectivity index (χ1n) is 2.69. The van der Waals surface area contributed by atoms with Crippen molar-refractivity contribution in [2.45, 2.75) is 13.0 Å². The molecule has 0 saturated carbocycles. The fourth-order valence-corrected chi connectivity index (χ4v) is 0.732. The summed E-state index contributed by atoms with van der Waals surface area (Å²) in [7, 11) is 0. The third kappa shape index (κ3) is 1.14. The fourth-order valence-electron chi connectivity index (χ4n) is 0.732. The molecule has 2 nitrogen and oxygen atoms in total. The van der Waals surface area contributed by atoms with Gasteiger partial charge in [-0.3, -0.25) is 4.90 Å². The Labute approximate surface area is 43.7 Å². The van der Waals surface area contributed by atoms with Gasteiger partial charge in [0.15, 0.2) is 0 Å². The molecule has 1 aliphatic rings. The molecule has 1 N–H and O–H groups in total. The molecule has 2 heteroatoms. The Kier molecular flexibility index (Phi) is 1.30. The van der Waals surface area contributed by atoms with Gasteiger partial charge in [0.05, 0.1) is 6.61 Å². The summed E-state index contributed by atoms with van der Waals surface area (Å²) in [6.45, 7) is 4.52. The van der Waals surface area contributed by atoms with E-state index in [-0.39, 0.29) is 0 Å². The molecule has 1 aliphatic heterocycles. The molecule has 0 spiro atoms. The van der Waals surface area contributed by atoms with Gasteiger partial charge in [-0.05, 0) is 6.92 Å². The van der Waals surface area contributed by atoms with Crippen molar-refractivity contribution in [1.82, 2.24) is 4.90 Å². The largest absolute Gasteiger partial charge is 0.395 e. The lowest BCUT2D eigenvalue weighted by Gasteiger charge is -1.92. The van der Waals surface area contributed by atoms with Crippen LogP contribution in [0.15, 0.2) is 0 Å². The molecule has 1 rings (SSSR count). The molecule has 2 atom stereocenters. The van der Waals surface area contributed by atoms with Crippen LogP contribution in [0.4, 0.5) is 0 Å². The van der Waals surface area contributed by atoms with E-state index in [4.69, 9.17) is 5.11 Å². The summed E-state index contributed by atoms with van der Waals surface area (Å²) in [6.07, 6.45) is 0. The van der Waals surface area contributed by atoms with Crippen LogP contribution >= 0.6 is 0 Å². The highest BCUT2D eigenvalue weighted by Crippen LogP contribution is 2.13. The molecule has 7 heavy (non-hydrogen) atoms. The Bertz CT molecular complexity index is 65.1. The third-order valence-corrected chi connectivity index (χ3v) is 1.38. The predicted molar refractivity (Wildman–Crippen MR) is 28.1 cm³/mol. The van der Waals surface area contributed by atoms with E-state index in [1.165, 1.54) is 6.54 Å². The minimum absolute atomic E-state index is 0.310. The Balaban J connectivity index is 1.98. The number of aliphatic hydroxyl groups is 1. The number of aliphatic hydroxyl groups excluding tert-OH is 1. The number of β-amino-alcohol motifs (C(OH)–C–C–N with tert-alkyl or cyclic N) is 1. The first-order chi connectivity index (χ1) is 3.34. The zero-order chi connectivity index (χ0) is 5.28. The first kappa shape index (κ1) is 5.06. The maximum Gasteiger partial charge on any atom is 0.0558 e. The standard InChI is InChI=1S/C5H11NO/c1-5-4-6(5)2-3-7/h5,7H,2-4H2,1H3. The van der Waals surface area contributed by atoms with Crippen molar-refractivity contribution in [1.29, 1.82) is 0 Å². The zero-order valence-electron chi connectivity index (χ0n) is 4.59. The van der Waals surface area contributed by atoms with Crippen molar-refractivity contribution >= 4 is 0 Å². The van der Waals surface area contributed by atoms with Gasteiger partial charge in [0, 0.05) is 19.1 Å². The average Bonchev–Trinajstić information content (AvgIpc) is 2.22. The van der Waals surface area contributed by atoms with Gasteiger partial charge in [-0.1, -0.05) is 0 Å². The molecule has 0 aliphatic carbocycles. The summed E-state index contributed by atoms with van der Waals surface area (Å²) < 4.78 is 0.